The summed E-state index contributed by atoms with van der Waals surface area (Å²) in [6, 6.07) is 16.9. The van der Waals surface area contributed by atoms with Gasteiger partial charge >= 0.3 is 0 Å². The predicted octanol–water partition coefficient (Wildman–Crippen LogP) is 4.31. The third kappa shape index (κ3) is 4.10. The van der Waals surface area contributed by atoms with E-state index in [1.807, 2.05) is 23.1 Å². The van der Waals surface area contributed by atoms with Crippen LogP contribution in [0.1, 0.15) is 31.7 Å². The molecule has 0 saturated carbocycles. The molecule has 0 radical (unpaired) electrons. The highest BCUT2D eigenvalue weighted by molar-refractivity contribution is 5.95. The number of carbonyl (C=O) groups excluding carboxylic acids is 1. The Balaban J connectivity index is 1.26. The second-order valence-electron chi connectivity index (χ2n) is 7.82. The average Bonchev–Trinajstić information content (AvgIpc) is 3.13. The van der Waals surface area contributed by atoms with Crippen LogP contribution in [0.5, 0.6) is 0 Å². The maximum atomic E-state index is 12.6. The zero-order chi connectivity index (χ0) is 18.6. The van der Waals surface area contributed by atoms with Gasteiger partial charge in [0, 0.05) is 49.7 Å². The molecule has 142 valence electrons. The number of nitrogens with one attached hydrogen (secondary N) is 1. The van der Waals surface area contributed by atoms with Gasteiger partial charge in [0.2, 0.25) is 5.91 Å². The smallest absolute Gasteiger partial charge is 0.228 e. The highest BCUT2D eigenvalue weighted by atomic mass is 16.2. The van der Waals surface area contributed by atoms with Crippen molar-refractivity contribution in [2.24, 2.45) is 5.92 Å². The van der Waals surface area contributed by atoms with Gasteiger partial charge in [0.05, 0.1) is 0 Å². The molecule has 4 heteroatoms. The molecule has 2 aromatic rings. The Morgan fingerprint density at radius 2 is 1.78 bits per heavy atom. The fourth-order valence-corrected chi connectivity index (χ4v) is 4.10. The largest absolute Gasteiger partial charge is 0.385 e. The summed E-state index contributed by atoms with van der Waals surface area (Å²) in [5, 5.41) is 3.39. The van der Waals surface area contributed by atoms with Gasteiger partial charge in [-0.15, -0.1) is 0 Å². The van der Waals surface area contributed by atoms with Crippen molar-refractivity contribution in [3.05, 3.63) is 54.1 Å². The monoisotopic (exact) mass is 363 g/mol. The average molecular weight is 364 g/mol. The van der Waals surface area contributed by atoms with Gasteiger partial charge in [0.25, 0.3) is 0 Å². The fourth-order valence-electron chi connectivity index (χ4n) is 4.10. The first-order chi connectivity index (χ1) is 13.2. The third-order valence-electron chi connectivity index (χ3n) is 5.87. The summed E-state index contributed by atoms with van der Waals surface area (Å²) in [5.41, 5.74) is 4.75. The summed E-state index contributed by atoms with van der Waals surface area (Å²) in [6.07, 6.45) is 4.04. The molecule has 27 heavy (non-hydrogen) atoms. The standard InChI is InChI=1S/C23H29N3O/c1-18-11-15-25(16-12-18)21-8-6-20(7-9-21)24-14-10-23(27)26-17-13-19-4-2-3-5-22(19)26/h2-9,18,24H,10-17H2,1H3. The Hall–Kier alpha value is -2.49. The first kappa shape index (κ1) is 17.9. The molecule has 0 atom stereocenters. The first-order valence-electron chi connectivity index (χ1n) is 10.2. The van der Waals surface area contributed by atoms with Crippen LogP contribution in [0.25, 0.3) is 0 Å². The van der Waals surface area contributed by atoms with Gasteiger partial charge in [-0.2, -0.15) is 0 Å². The first-order valence-corrected chi connectivity index (χ1v) is 10.2. The van der Waals surface area contributed by atoms with Crippen molar-refractivity contribution in [2.75, 3.05) is 41.3 Å². The molecule has 1 saturated heterocycles. The molecule has 1 fully saturated rings. The SMILES string of the molecule is CC1CCN(c2ccc(NCCC(=O)N3CCc4ccccc43)cc2)CC1. The van der Waals surface area contributed by atoms with E-state index in [0.29, 0.717) is 13.0 Å². The molecule has 2 aliphatic rings. The van der Waals surface area contributed by atoms with E-state index in [2.05, 4.69) is 47.5 Å². The number of nitrogens with zero attached hydrogens (tertiary/aromatic N) is 2. The zero-order valence-corrected chi connectivity index (χ0v) is 16.2. The topological polar surface area (TPSA) is 35.6 Å². The number of hydrogen-bond acceptors (Lipinski definition) is 3. The van der Waals surface area contributed by atoms with E-state index in [-0.39, 0.29) is 5.91 Å². The molecule has 2 heterocycles. The van der Waals surface area contributed by atoms with Gasteiger partial charge in [-0.25, -0.2) is 0 Å². The fraction of sp³-hybridized carbons (Fsp3) is 0.435. The Morgan fingerprint density at radius 3 is 2.56 bits per heavy atom. The van der Waals surface area contributed by atoms with Crippen molar-refractivity contribution < 1.29 is 4.79 Å². The number of rotatable bonds is 5. The lowest BCUT2D eigenvalue weighted by Crippen LogP contribution is -2.32. The normalized spacial score (nSPS) is 17.1. The van der Waals surface area contributed by atoms with E-state index in [0.717, 1.165) is 43.3 Å². The molecule has 2 aromatic carbocycles. The summed E-state index contributed by atoms with van der Waals surface area (Å²) in [5.74, 6) is 1.05. The van der Waals surface area contributed by atoms with Gasteiger partial charge < -0.3 is 15.1 Å². The Bertz CT molecular complexity index is 778. The number of hydrogen-bond donors (Lipinski definition) is 1. The number of anilines is 3. The molecule has 2 aliphatic heterocycles. The van der Waals surface area contributed by atoms with Crippen LogP contribution in [0, 0.1) is 5.92 Å². The number of piperidine rings is 1. The maximum absolute atomic E-state index is 12.6. The Kier molecular flexibility index (Phi) is 5.33. The molecule has 0 bridgehead atoms. The van der Waals surface area contributed by atoms with Crippen molar-refractivity contribution in [1.29, 1.82) is 0 Å². The van der Waals surface area contributed by atoms with Gasteiger partial charge in [0.1, 0.15) is 0 Å². The van der Waals surface area contributed by atoms with E-state index in [9.17, 15) is 4.79 Å². The number of amides is 1. The molecule has 4 nitrogen and oxygen atoms in total. The van der Waals surface area contributed by atoms with Crippen molar-refractivity contribution in [2.45, 2.75) is 32.6 Å². The number of para-hydroxylation sites is 1. The van der Waals surface area contributed by atoms with E-state index >= 15 is 0 Å². The summed E-state index contributed by atoms with van der Waals surface area (Å²) in [6.45, 7) is 6.12. The van der Waals surface area contributed by atoms with Crippen LogP contribution in [-0.2, 0) is 11.2 Å². The molecular formula is C23H29N3O. The minimum atomic E-state index is 0.200. The third-order valence-corrected chi connectivity index (χ3v) is 5.87. The molecule has 4 rings (SSSR count). The lowest BCUT2D eigenvalue weighted by atomic mass is 9.99. The lowest BCUT2D eigenvalue weighted by molar-refractivity contribution is -0.118. The van der Waals surface area contributed by atoms with Crippen molar-refractivity contribution in [3.8, 4) is 0 Å². The zero-order valence-electron chi connectivity index (χ0n) is 16.2. The Morgan fingerprint density at radius 1 is 1.04 bits per heavy atom. The van der Waals surface area contributed by atoms with Gasteiger partial charge in [-0.1, -0.05) is 25.1 Å². The summed E-state index contributed by atoms with van der Waals surface area (Å²) in [4.78, 5) is 17.0. The highest BCUT2D eigenvalue weighted by Gasteiger charge is 2.23. The molecular weight excluding hydrogens is 334 g/mol. The van der Waals surface area contributed by atoms with E-state index in [4.69, 9.17) is 0 Å². The second-order valence-corrected chi connectivity index (χ2v) is 7.82. The van der Waals surface area contributed by atoms with Crippen LogP contribution in [-0.4, -0.2) is 32.1 Å². The summed E-state index contributed by atoms with van der Waals surface area (Å²) in [7, 11) is 0. The highest BCUT2D eigenvalue weighted by Crippen LogP contribution is 2.28. The van der Waals surface area contributed by atoms with Crippen molar-refractivity contribution >= 4 is 23.0 Å². The Labute approximate surface area is 162 Å². The summed E-state index contributed by atoms with van der Waals surface area (Å²) >= 11 is 0. The van der Waals surface area contributed by atoms with E-state index < -0.39 is 0 Å². The van der Waals surface area contributed by atoms with E-state index in [1.165, 1.54) is 24.1 Å². The van der Waals surface area contributed by atoms with Crippen molar-refractivity contribution in [3.63, 3.8) is 0 Å². The second kappa shape index (κ2) is 8.03. The van der Waals surface area contributed by atoms with Crippen LogP contribution in [0.3, 0.4) is 0 Å². The minimum absolute atomic E-state index is 0.200. The molecule has 0 spiro atoms. The number of fused-ring (bicyclic) bond motifs is 1. The van der Waals surface area contributed by atoms with Gasteiger partial charge in [-0.3, -0.25) is 4.79 Å². The number of benzene rings is 2. The molecule has 0 aromatic heterocycles. The van der Waals surface area contributed by atoms with E-state index in [1.54, 1.807) is 0 Å². The molecule has 1 N–H and O–H groups in total. The molecule has 0 unspecified atom stereocenters. The number of carbonyl (C=O) groups is 1. The minimum Gasteiger partial charge on any atom is -0.385 e. The van der Waals surface area contributed by atoms with Crippen LogP contribution < -0.4 is 15.1 Å². The predicted molar refractivity (Wildman–Crippen MR) is 113 cm³/mol. The lowest BCUT2D eigenvalue weighted by Gasteiger charge is -2.32. The quantitative estimate of drug-likeness (QED) is 0.860. The van der Waals surface area contributed by atoms with Crippen molar-refractivity contribution in [1.82, 2.24) is 0 Å². The van der Waals surface area contributed by atoms with Gasteiger partial charge in [0.15, 0.2) is 0 Å². The maximum Gasteiger partial charge on any atom is 0.228 e. The molecule has 1 amide bonds. The van der Waals surface area contributed by atoms with Crippen LogP contribution in [0.4, 0.5) is 17.1 Å². The van der Waals surface area contributed by atoms with Crippen LogP contribution in [0.15, 0.2) is 48.5 Å². The van der Waals surface area contributed by atoms with Crippen LogP contribution in [0.2, 0.25) is 0 Å². The van der Waals surface area contributed by atoms with Crippen LogP contribution >= 0.6 is 0 Å². The molecule has 0 aliphatic carbocycles. The van der Waals surface area contributed by atoms with Gasteiger partial charge in [-0.05, 0) is 61.1 Å². The summed E-state index contributed by atoms with van der Waals surface area (Å²) < 4.78 is 0.